The number of urea groups is 1. The number of methoxy groups -OCH3 is 1. The lowest BCUT2D eigenvalue weighted by molar-refractivity contribution is 0.140. The Morgan fingerprint density at radius 3 is 2.58 bits per heavy atom. The Hall–Kier alpha value is -4.42. The van der Waals surface area contributed by atoms with Crippen LogP contribution in [0.5, 0.6) is 0 Å². The monoisotopic (exact) mass is 586 g/mol. The summed E-state index contributed by atoms with van der Waals surface area (Å²) in [6, 6.07) is 12.3. The second-order valence-corrected chi connectivity index (χ2v) is 11.2. The number of aromatic nitrogens is 5. The number of benzene rings is 1. The molecule has 43 heavy (non-hydrogen) atoms. The van der Waals surface area contributed by atoms with E-state index >= 15 is 0 Å². The summed E-state index contributed by atoms with van der Waals surface area (Å²) in [5, 5.41) is 20.7. The van der Waals surface area contributed by atoms with Crippen molar-refractivity contribution in [2.45, 2.75) is 44.2 Å². The number of hydrogen-bond donors (Lipinski definition) is 3. The maximum atomic E-state index is 14.0. The van der Waals surface area contributed by atoms with Gasteiger partial charge in [0.1, 0.15) is 11.5 Å². The first kappa shape index (κ1) is 28.7. The molecule has 1 saturated carbocycles. The Balaban J connectivity index is 1.25. The van der Waals surface area contributed by atoms with Gasteiger partial charge in [0.15, 0.2) is 0 Å². The highest BCUT2D eigenvalue weighted by molar-refractivity contribution is 5.91. The molecule has 11 nitrogen and oxygen atoms in total. The lowest BCUT2D eigenvalue weighted by atomic mass is 9.94. The normalized spacial score (nSPS) is 20.2. The Morgan fingerprint density at radius 1 is 1.12 bits per heavy atom. The van der Waals surface area contributed by atoms with Gasteiger partial charge in [-0.15, -0.1) is 0 Å². The highest BCUT2D eigenvalue weighted by atomic mass is 19.1. The number of nitrogens with one attached hydrogen (secondary N) is 2. The zero-order chi connectivity index (χ0) is 29.9. The smallest absolute Gasteiger partial charge is 0.320 e. The molecule has 0 bridgehead atoms. The standard InChI is InChI=1S/C31H35FN8O3/c1-19-28(22-15-34-30(35-16-22)39-17-24(41)18-39)38-40(23-6-4-3-5-7-23)29(19)37-31(42)36-26-13-20(9-11-43-2)12-25(26)21-8-10-33-27(32)14-21/h3-8,10,14-16,20,24-26,41H,9,11-13,17-18H2,1-2H3,(H2,36,37,42)/t20-,25-,26+/m0/s1. The second-order valence-electron chi connectivity index (χ2n) is 11.2. The second kappa shape index (κ2) is 12.4. The number of aliphatic hydroxyl groups is 1. The predicted octanol–water partition coefficient (Wildman–Crippen LogP) is 4.07. The first-order valence-corrected chi connectivity index (χ1v) is 14.5. The summed E-state index contributed by atoms with van der Waals surface area (Å²) in [6.45, 7) is 3.55. The number of carbonyl (C=O) groups is 1. The molecular weight excluding hydrogens is 551 g/mol. The zero-order valence-corrected chi connectivity index (χ0v) is 24.2. The molecule has 6 rings (SSSR count). The minimum absolute atomic E-state index is 0.0519. The highest BCUT2D eigenvalue weighted by Gasteiger charge is 2.36. The van der Waals surface area contributed by atoms with Crippen LogP contribution in [-0.2, 0) is 4.74 Å². The summed E-state index contributed by atoms with van der Waals surface area (Å²) in [4.78, 5) is 28.1. The number of β-amino-alcohol motifs (C(OH)–C–C–N with tert-alkyl or cyclic N) is 1. The van der Waals surface area contributed by atoms with Crippen molar-refractivity contribution in [2.24, 2.45) is 5.92 Å². The number of rotatable bonds is 9. The van der Waals surface area contributed by atoms with Gasteiger partial charge in [-0.25, -0.2) is 24.4 Å². The van der Waals surface area contributed by atoms with Gasteiger partial charge in [-0.05, 0) is 61.9 Å². The fourth-order valence-corrected chi connectivity index (χ4v) is 6.05. The number of amides is 2. The Labute approximate surface area is 249 Å². The molecule has 2 aliphatic rings. The lowest BCUT2D eigenvalue weighted by Crippen LogP contribution is -2.51. The fraction of sp³-hybridized carbons (Fsp3) is 0.387. The fourth-order valence-electron chi connectivity index (χ4n) is 6.05. The largest absolute Gasteiger partial charge is 0.389 e. The number of halogens is 1. The maximum Gasteiger partial charge on any atom is 0.320 e. The molecule has 2 fully saturated rings. The number of hydrogen-bond acceptors (Lipinski definition) is 8. The molecule has 3 N–H and O–H groups in total. The maximum absolute atomic E-state index is 14.0. The number of pyridine rings is 1. The minimum atomic E-state index is -0.532. The molecule has 0 spiro atoms. The van der Waals surface area contributed by atoms with Crippen LogP contribution in [0.25, 0.3) is 16.9 Å². The first-order chi connectivity index (χ1) is 20.9. The third kappa shape index (κ3) is 6.20. The van der Waals surface area contributed by atoms with Gasteiger partial charge < -0.3 is 20.1 Å². The predicted molar refractivity (Wildman–Crippen MR) is 160 cm³/mol. The van der Waals surface area contributed by atoms with Gasteiger partial charge in [0.05, 0.1) is 11.8 Å². The van der Waals surface area contributed by atoms with Gasteiger partial charge >= 0.3 is 6.03 Å². The van der Waals surface area contributed by atoms with E-state index in [-0.39, 0.29) is 24.1 Å². The van der Waals surface area contributed by atoms with Gasteiger partial charge in [0.2, 0.25) is 11.9 Å². The molecule has 1 saturated heterocycles. The van der Waals surface area contributed by atoms with Gasteiger partial charge in [-0.3, -0.25) is 5.32 Å². The van der Waals surface area contributed by atoms with Crippen LogP contribution >= 0.6 is 0 Å². The average Bonchev–Trinajstić information content (AvgIpc) is 3.55. The number of anilines is 2. The number of carbonyl (C=O) groups excluding carboxylic acids is 1. The number of aliphatic hydroxyl groups excluding tert-OH is 1. The van der Waals surface area contributed by atoms with Crippen molar-refractivity contribution in [1.29, 1.82) is 0 Å². The molecule has 4 aromatic rings. The van der Waals surface area contributed by atoms with E-state index in [1.54, 1.807) is 24.2 Å². The Kier molecular flexibility index (Phi) is 8.30. The number of nitrogens with zero attached hydrogens (tertiary/aromatic N) is 6. The molecule has 0 radical (unpaired) electrons. The van der Waals surface area contributed by atoms with E-state index in [9.17, 15) is 14.3 Å². The average molecular weight is 587 g/mol. The van der Waals surface area contributed by atoms with Crippen molar-refractivity contribution in [3.63, 3.8) is 0 Å². The minimum Gasteiger partial charge on any atom is -0.389 e. The van der Waals surface area contributed by atoms with Crippen LogP contribution in [0.1, 0.15) is 36.3 Å². The summed E-state index contributed by atoms with van der Waals surface area (Å²) in [5.41, 5.74) is 3.70. The van der Waals surface area contributed by atoms with E-state index in [1.807, 2.05) is 48.2 Å². The molecule has 12 heteroatoms. The van der Waals surface area contributed by atoms with Crippen molar-refractivity contribution >= 4 is 17.8 Å². The van der Waals surface area contributed by atoms with Crippen LogP contribution in [0, 0.1) is 18.8 Å². The van der Waals surface area contributed by atoms with Crippen LogP contribution in [0.3, 0.4) is 0 Å². The zero-order valence-electron chi connectivity index (χ0n) is 24.2. The number of para-hydroxylation sites is 1. The van der Waals surface area contributed by atoms with Gasteiger partial charge in [0.25, 0.3) is 0 Å². The third-order valence-electron chi connectivity index (χ3n) is 8.30. The topological polar surface area (TPSA) is 130 Å². The Morgan fingerprint density at radius 2 is 1.88 bits per heavy atom. The van der Waals surface area contributed by atoms with Crippen molar-refractivity contribution in [3.8, 4) is 16.9 Å². The molecule has 3 aromatic heterocycles. The molecule has 4 heterocycles. The summed E-state index contributed by atoms with van der Waals surface area (Å²) in [7, 11) is 1.68. The van der Waals surface area contributed by atoms with Crippen molar-refractivity contribution in [2.75, 3.05) is 37.0 Å². The van der Waals surface area contributed by atoms with Crippen molar-refractivity contribution < 1.29 is 19.0 Å². The van der Waals surface area contributed by atoms with Crippen LogP contribution in [0.15, 0.2) is 61.1 Å². The molecule has 1 aliphatic heterocycles. The van der Waals surface area contributed by atoms with Crippen LogP contribution in [0.4, 0.5) is 21.0 Å². The summed E-state index contributed by atoms with van der Waals surface area (Å²) in [5.74, 6) is 0.821. The molecular formula is C31H35FN8O3. The van der Waals surface area contributed by atoms with E-state index < -0.39 is 5.95 Å². The Bertz CT molecular complexity index is 1560. The van der Waals surface area contributed by atoms with Gasteiger partial charge in [-0.1, -0.05) is 18.2 Å². The van der Waals surface area contributed by atoms with Crippen LogP contribution in [0.2, 0.25) is 0 Å². The van der Waals surface area contributed by atoms with Crippen LogP contribution < -0.4 is 15.5 Å². The first-order valence-electron chi connectivity index (χ1n) is 14.5. The van der Waals surface area contributed by atoms with E-state index in [0.29, 0.717) is 48.6 Å². The van der Waals surface area contributed by atoms with E-state index in [0.717, 1.165) is 36.1 Å². The molecule has 0 unspecified atom stereocenters. The summed E-state index contributed by atoms with van der Waals surface area (Å²) in [6.07, 6.45) is 6.96. The molecule has 1 aromatic carbocycles. The number of ether oxygens (including phenoxy) is 1. The molecule has 2 amide bonds. The van der Waals surface area contributed by atoms with Crippen LogP contribution in [-0.4, -0.2) is 74.8 Å². The lowest BCUT2D eigenvalue weighted by Gasteiger charge is -2.35. The van der Waals surface area contributed by atoms with E-state index in [4.69, 9.17) is 9.84 Å². The third-order valence-corrected chi connectivity index (χ3v) is 8.30. The SMILES string of the molecule is COCC[C@@H]1C[C@@H](NC(=O)Nc2c(C)c(-c3cnc(N4CC(O)C4)nc3)nn2-c2ccccc2)[C@H](c2ccnc(F)c2)C1. The van der Waals surface area contributed by atoms with Gasteiger partial charge in [-0.2, -0.15) is 9.49 Å². The highest BCUT2D eigenvalue weighted by Crippen LogP contribution is 2.40. The van der Waals surface area contributed by atoms with Gasteiger partial charge in [0, 0.05) is 68.5 Å². The quantitative estimate of drug-likeness (QED) is 0.250. The molecule has 3 atom stereocenters. The van der Waals surface area contributed by atoms with Crippen molar-refractivity contribution in [1.82, 2.24) is 30.0 Å². The molecule has 1 aliphatic carbocycles. The van der Waals surface area contributed by atoms with Crippen molar-refractivity contribution in [3.05, 3.63) is 78.1 Å². The molecule has 224 valence electrons. The van der Waals surface area contributed by atoms with E-state index in [1.165, 1.54) is 12.3 Å². The van der Waals surface area contributed by atoms with E-state index in [2.05, 4.69) is 25.6 Å². The summed E-state index contributed by atoms with van der Waals surface area (Å²) < 4.78 is 21.0. The summed E-state index contributed by atoms with van der Waals surface area (Å²) >= 11 is 0.